The molecule has 0 N–H and O–H groups in total. The first-order valence-electron chi connectivity index (χ1n) is 4.12. The van der Waals surface area contributed by atoms with Crippen LogP contribution in [0, 0.1) is 0 Å². The second-order valence-electron chi connectivity index (χ2n) is 2.79. The summed E-state index contributed by atoms with van der Waals surface area (Å²) < 4.78 is 10.2. The van der Waals surface area contributed by atoms with Gasteiger partial charge < -0.3 is 14.4 Å². The highest BCUT2D eigenvalue weighted by atomic mass is 16.5. The summed E-state index contributed by atoms with van der Waals surface area (Å²) >= 11 is 0. The molecule has 13 heavy (non-hydrogen) atoms. The van der Waals surface area contributed by atoms with Crippen LogP contribution in [0.3, 0.4) is 0 Å². The Morgan fingerprint density at radius 3 is 2.54 bits per heavy atom. The Bertz CT molecular complexity index is 263. The molecule has 0 saturated heterocycles. The van der Waals surface area contributed by atoms with E-state index >= 15 is 0 Å². The fraction of sp³-hybridized carbons (Fsp3) is 0.400. The lowest BCUT2D eigenvalue weighted by molar-refractivity contribution is 0.201. The van der Waals surface area contributed by atoms with Gasteiger partial charge in [0.25, 0.3) is 0 Å². The van der Waals surface area contributed by atoms with Gasteiger partial charge in [-0.1, -0.05) is 12.1 Å². The fourth-order valence-corrected chi connectivity index (χ4v) is 1.21. The number of ether oxygens (including phenoxy) is 2. The summed E-state index contributed by atoms with van der Waals surface area (Å²) in [5, 5.41) is 0. The van der Waals surface area contributed by atoms with Crippen molar-refractivity contribution in [1.29, 1.82) is 0 Å². The summed E-state index contributed by atoms with van der Waals surface area (Å²) in [6, 6.07) is 7.85. The van der Waals surface area contributed by atoms with Crippen LogP contribution in [0.4, 0.5) is 5.69 Å². The smallest absolute Gasteiger partial charge is 0.142 e. The number of hydrogen-bond acceptors (Lipinski definition) is 3. The lowest BCUT2D eigenvalue weighted by Crippen LogP contribution is -2.20. The van der Waals surface area contributed by atoms with Crippen LogP contribution in [0.5, 0.6) is 5.75 Å². The highest BCUT2D eigenvalue weighted by Crippen LogP contribution is 2.25. The molecule has 0 saturated carbocycles. The minimum Gasteiger partial charge on any atom is -0.495 e. The maximum atomic E-state index is 5.22. The minimum absolute atomic E-state index is 0.556. The van der Waals surface area contributed by atoms with Crippen LogP contribution in [0.25, 0.3) is 0 Å². The number of para-hydroxylation sites is 2. The van der Waals surface area contributed by atoms with Gasteiger partial charge in [0.05, 0.1) is 12.8 Å². The number of anilines is 1. The molecule has 0 aliphatic carbocycles. The van der Waals surface area contributed by atoms with Gasteiger partial charge in [-0.25, -0.2) is 0 Å². The Hall–Kier alpha value is -1.22. The van der Waals surface area contributed by atoms with Crippen molar-refractivity contribution in [3.05, 3.63) is 24.3 Å². The zero-order valence-electron chi connectivity index (χ0n) is 8.28. The normalized spacial score (nSPS) is 9.77. The van der Waals surface area contributed by atoms with Gasteiger partial charge in [-0.05, 0) is 12.1 Å². The van der Waals surface area contributed by atoms with Gasteiger partial charge in [-0.15, -0.1) is 0 Å². The summed E-state index contributed by atoms with van der Waals surface area (Å²) in [4.78, 5) is 1.98. The third-order valence-electron chi connectivity index (χ3n) is 1.82. The highest BCUT2D eigenvalue weighted by Gasteiger charge is 2.05. The van der Waals surface area contributed by atoms with E-state index in [2.05, 4.69) is 0 Å². The van der Waals surface area contributed by atoms with E-state index in [1.807, 2.05) is 36.2 Å². The maximum absolute atomic E-state index is 5.22. The molecule has 3 nitrogen and oxygen atoms in total. The van der Waals surface area contributed by atoms with Gasteiger partial charge >= 0.3 is 0 Å². The first kappa shape index (κ1) is 9.86. The molecular formula is C10H15NO2. The van der Waals surface area contributed by atoms with Crippen LogP contribution in [0.1, 0.15) is 0 Å². The molecule has 1 rings (SSSR count). The summed E-state index contributed by atoms with van der Waals surface area (Å²) in [5.74, 6) is 0.863. The zero-order chi connectivity index (χ0) is 9.68. The first-order valence-corrected chi connectivity index (χ1v) is 4.12. The van der Waals surface area contributed by atoms with Gasteiger partial charge in [0.15, 0.2) is 0 Å². The van der Waals surface area contributed by atoms with Crippen LogP contribution in [-0.4, -0.2) is 28.0 Å². The standard InChI is InChI=1S/C10H15NO2/c1-11(8-12-2)9-6-4-5-7-10(9)13-3/h4-7H,8H2,1-3H3. The van der Waals surface area contributed by atoms with E-state index in [1.165, 1.54) is 0 Å². The Balaban J connectivity index is 2.85. The summed E-state index contributed by atoms with van der Waals surface area (Å²) in [7, 11) is 5.30. The largest absolute Gasteiger partial charge is 0.495 e. The molecule has 0 fully saturated rings. The van der Waals surface area contributed by atoms with Gasteiger partial charge in [0, 0.05) is 14.2 Å². The summed E-state index contributed by atoms with van der Waals surface area (Å²) in [6.07, 6.45) is 0. The number of rotatable bonds is 4. The minimum atomic E-state index is 0.556. The van der Waals surface area contributed by atoms with Crippen molar-refractivity contribution in [1.82, 2.24) is 0 Å². The van der Waals surface area contributed by atoms with E-state index < -0.39 is 0 Å². The van der Waals surface area contributed by atoms with Crippen molar-refractivity contribution in [2.45, 2.75) is 0 Å². The van der Waals surface area contributed by atoms with E-state index in [-0.39, 0.29) is 0 Å². The average Bonchev–Trinajstić information content (AvgIpc) is 2.18. The van der Waals surface area contributed by atoms with Gasteiger partial charge in [0.1, 0.15) is 12.5 Å². The van der Waals surface area contributed by atoms with Gasteiger partial charge in [0.2, 0.25) is 0 Å². The second kappa shape index (κ2) is 4.72. The molecule has 0 unspecified atom stereocenters. The molecule has 72 valence electrons. The van der Waals surface area contributed by atoms with Crippen molar-refractivity contribution in [2.24, 2.45) is 0 Å². The molecule has 0 radical (unpaired) electrons. The molecule has 0 amide bonds. The van der Waals surface area contributed by atoms with Crippen molar-refractivity contribution in [2.75, 3.05) is 32.9 Å². The number of nitrogens with zero attached hydrogens (tertiary/aromatic N) is 1. The second-order valence-corrected chi connectivity index (χ2v) is 2.79. The van der Waals surface area contributed by atoms with Crippen LogP contribution in [0.15, 0.2) is 24.3 Å². The third-order valence-corrected chi connectivity index (χ3v) is 1.82. The van der Waals surface area contributed by atoms with E-state index in [4.69, 9.17) is 9.47 Å². The molecule has 0 atom stereocenters. The molecule has 0 spiro atoms. The van der Waals surface area contributed by atoms with Crippen LogP contribution >= 0.6 is 0 Å². The van der Waals surface area contributed by atoms with Crippen LogP contribution < -0.4 is 9.64 Å². The molecule has 0 aliphatic heterocycles. The zero-order valence-corrected chi connectivity index (χ0v) is 8.28. The SMILES string of the molecule is COCN(C)c1ccccc1OC. The van der Waals surface area contributed by atoms with Crippen LogP contribution in [-0.2, 0) is 4.74 Å². The molecule has 3 heteroatoms. The van der Waals surface area contributed by atoms with Crippen molar-refractivity contribution >= 4 is 5.69 Å². The molecule has 0 aromatic heterocycles. The van der Waals surface area contributed by atoms with Crippen molar-refractivity contribution < 1.29 is 9.47 Å². The molecule has 1 aromatic rings. The van der Waals surface area contributed by atoms with Crippen molar-refractivity contribution in [3.8, 4) is 5.75 Å². The topological polar surface area (TPSA) is 21.7 Å². The van der Waals surface area contributed by atoms with Gasteiger partial charge in [-0.2, -0.15) is 0 Å². The predicted octanol–water partition coefficient (Wildman–Crippen LogP) is 1.74. The first-order chi connectivity index (χ1) is 6.29. The number of hydrogen-bond donors (Lipinski definition) is 0. The quantitative estimate of drug-likeness (QED) is 0.660. The fourth-order valence-electron chi connectivity index (χ4n) is 1.21. The lowest BCUT2D eigenvalue weighted by Gasteiger charge is -2.20. The average molecular weight is 181 g/mol. The molecule has 0 bridgehead atoms. The summed E-state index contributed by atoms with van der Waals surface area (Å²) in [6.45, 7) is 0.556. The maximum Gasteiger partial charge on any atom is 0.142 e. The molecule has 0 heterocycles. The lowest BCUT2D eigenvalue weighted by atomic mass is 10.3. The van der Waals surface area contributed by atoms with E-state index in [0.29, 0.717) is 6.73 Å². The highest BCUT2D eigenvalue weighted by molar-refractivity contribution is 5.57. The monoisotopic (exact) mass is 181 g/mol. The Morgan fingerprint density at radius 2 is 1.92 bits per heavy atom. The van der Waals surface area contributed by atoms with E-state index in [9.17, 15) is 0 Å². The van der Waals surface area contributed by atoms with Crippen molar-refractivity contribution in [3.63, 3.8) is 0 Å². The van der Waals surface area contributed by atoms with Gasteiger partial charge in [-0.3, -0.25) is 0 Å². The van der Waals surface area contributed by atoms with E-state index in [1.54, 1.807) is 14.2 Å². The molecular weight excluding hydrogens is 166 g/mol. The Morgan fingerprint density at radius 1 is 1.23 bits per heavy atom. The third kappa shape index (κ3) is 2.36. The predicted molar refractivity (Wildman–Crippen MR) is 53.3 cm³/mol. The Kier molecular flexibility index (Phi) is 3.58. The summed E-state index contributed by atoms with van der Waals surface area (Å²) in [5.41, 5.74) is 1.03. The van der Waals surface area contributed by atoms with Crippen LogP contribution in [0.2, 0.25) is 0 Å². The molecule has 1 aromatic carbocycles. The Labute approximate surface area is 78.9 Å². The molecule has 0 aliphatic rings. The van der Waals surface area contributed by atoms with E-state index in [0.717, 1.165) is 11.4 Å². The number of methoxy groups -OCH3 is 2. The number of benzene rings is 1.